The van der Waals surface area contributed by atoms with Crippen molar-refractivity contribution in [2.75, 3.05) is 6.54 Å². The first-order valence-corrected chi connectivity index (χ1v) is 3.82. The molecule has 0 amide bonds. The number of nitrogens with one attached hydrogen (secondary N) is 1. The molecule has 0 aromatic carbocycles. The third kappa shape index (κ3) is 2.07. The predicted molar refractivity (Wildman–Crippen MR) is 41.0 cm³/mol. The van der Waals surface area contributed by atoms with E-state index in [9.17, 15) is 13.2 Å². The highest BCUT2D eigenvalue weighted by molar-refractivity contribution is 7.80. The van der Waals surface area contributed by atoms with E-state index in [2.05, 4.69) is 10.1 Å². The fourth-order valence-electron chi connectivity index (χ4n) is 0.886. The lowest BCUT2D eigenvalue weighted by Crippen LogP contribution is -2.52. The highest BCUT2D eigenvalue weighted by atomic mass is 32.1. The minimum absolute atomic E-state index is 0.285. The molecule has 0 aromatic rings. The molecule has 0 unspecified atom stereocenters. The summed E-state index contributed by atoms with van der Waals surface area (Å²) in [5.74, 6) is 0. The van der Waals surface area contributed by atoms with Crippen LogP contribution in [0.5, 0.6) is 0 Å². The predicted octanol–water partition coefficient (Wildman–Crippen LogP) is 1.25. The average Bonchev–Trinajstić information content (AvgIpc) is 1.92. The molecule has 2 nitrogen and oxygen atoms in total. The maximum absolute atomic E-state index is 12.0. The molecule has 1 aliphatic heterocycles. The van der Waals surface area contributed by atoms with Gasteiger partial charge in [0.2, 0.25) is 0 Å². The summed E-state index contributed by atoms with van der Waals surface area (Å²) in [6.45, 7) is 1.21. The van der Waals surface area contributed by atoms with Crippen molar-refractivity contribution in [3.8, 4) is 0 Å². The van der Waals surface area contributed by atoms with Crippen molar-refractivity contribution >= 4 is 17.2 Å². The van der Waals surface area contributed by atoms with Gasteiger partial charge >= 0.3 is 6.18 Å². The number of thiocarbonyl (C=S) groups is 1. The van der Waals surface area contributed by atoms with E-state index >= 15 is 0 Å². The zero-order chi connectivity index (χ0) is 9.35. The van der Waals surface area contributed by atoms with Gasteiger partial charge in [0.1, 0.15) is 11.1 Å². The van der Waals surface area contributed by atoms with Crippen molar-refractivity contribution in [3.05, 3.63) is 0 Å². The van der Waals surface area contributed by atoms with Crippen LogP contribution in [0.15, 0.2) is 0 Å². The van der Waals surface area contributed by atoms with E-state index in [4.69, 9.17) is 12.2 Å². The smallest absolute Gasteiger partial charge is 0.375 e. The number of alkyl halides is 3. The van der Waals surface area contributed by atoms with E-state index in [-0.39, 0.29) is 6.54 Å². The van der Waals surface area contributed by atoms with E-state index < -0.39 is 18.4 Å². The van der Waals surface area contributed by atoms with Crippen LogP contribution in [0, 0.1) is 0 Å². The Morgan fingerprint density at radius 2 is 2.17 bits per heavy atom. The van der Waals surface area contributed by atoms with E-state index in [0.717, 1.165) is 0 Å². The average molecular weight is 199 g/mol. The van der Waals surface area contributed by atoms with Crippen molar-refractivity contribution in [2.24, 2.45) is 0 Å². The molecule has 12 heavy (non-hydrogen) atoms. The van der Waals surface area contributed by atoms with Gasteiger partial charge in [-0.05, 0) is 6.92 Å². The third-order valence-electron chi connectivity index (χ3n) is 1.56. The van der Waals surface area contributed by atoms with Crippen LogP contribution in [0.2, 0.25) is 0 Å². The molecule has 1 aliphatic rings. The van der Waals surface area contributed by atoms with Crippen LogP contribution in [-0.4, -0.2) is 29.9 Å². The van der Waals surface area contributed by atoms with Crippen LogP contribution in [0.4, 0.5) is 13.2 Å². The number of morpholine rings is 1. The molecule has 0 bridgehead atoms. The molecule has 70 valence electrons. The number of hydrogen-bond acceptors (Lipinski definition) is 2. The molecule has 0 spiro atoms. The highest BCUT2D eigenvalue weighted by Crippen LogP contribution is 2.25. The van der Waals surface area contributed by atoms with E-state index in [0.29, 0.717) is 4.99 Å². The SMILES string of the molecule is C[C@@H]1O[C@H](C(F)(F)F)CNC1=S. The molecule has 0 aromatic heterocycles. The first kappa shape index (κ1) is 9.73. The number of ether oxygens (including phenoxy) is 1. The Hall–Kier alpha value is -0.360. The molecule has 6 heteroatoms. The van der Waals surface area contributed by atoms with Crippen LogP contribution in [0.1, 0.15) is 6.92 Å². The van der Waals surface area contributed by atoms with Gasteiger partial charge in [-0.1, -0.05) is 12.2 Å². The molecule has 1 N–H and O–H groups in total. The fourth-order valence-corrected chi connectivity index (χ4v) is 1.03. The van der Waals surface area contributed by atoms with Crippen LogP contribution in [0.25, 0.3) is 0 Å². The zero-order valence-corrected chi connectivity index (χ0v) is 7.13. The normalized spacial score (nSPS) is 31.5. The van der Waals surface area contributed by atoms with Crippen LogP contribution in [0.3, 0.4) is 0 Å². The summed E-state index contributed by atoms with van der Waals surface area (Å²) < 4.78 is 40.7. The first-order chi connectivity index (χ1) is 5.41. The standard InChI is InChI=1S/C6H8F3NOS/c1-3-5(12)10-2-4(11-3)6(7,8)9/h3-4H,2H2,1H3,(H,10,12)/t3-,4-/m0/s1. The van der Waals surface area contributed by atoms with E-state index in [1.807, 2.05) is 0 Å². The van der Waals surface area contributed by atoms with Gasteiger partial charge in [0.25, 0.3) is 0 Å². The molecule has 1 rings (SSSR count). The van der Waals surface area contributed by atoms with Gasteiger partial charge in [0.15, 0.2) is 6.10 Å². The van der Waals surface area contributed by atoms with Crippen molar-refractivity contribution in [1.29, 1.82) is 0 Å². The summed E-state index contributed by atoms with van der Waals surface area (Å²) in [6, 6.07) is 0. The lowest BCUT2D eigenvalue weighted by atomic mass is 10.2. The Morgan fingerprint density at radius 3 is 2.58 bits per heavy atom. The highest BCUT2D eigenvalue weighted by Gasteiger charge is 2.43. The molecule has 1 fully saturated rings. The third-order valence-corrected chi connectivity index (χ3v) is 2.04. The number of rotatable bonds is 0. The number of hydrogen-bond donors (Lipinski definition) is 1. The van der Waals surface area contributed by atoms with Crippen LogP contribution in [-0.2, 0) is 4.74 Å². The summed E-state index contributed by atoms with van der Waals surface area (Å²) in [5.41, 5.74) is 0. The summed E-state index contributed by atoms with van der Waals surface area (Å²) in [7, 11) is 0. The summed E-state index contributed by atoms with van der Waals surface area (Å²) in [5, 5.41) is 2.47. The molecular formula is C6H8F3NOS. The molecule has 1 saturated heterocycles. The Labute approximate surface area is 73.1 Å². The molecular weight excluding hydrogens is 191 g/mol. The van der Waals surface area contributed by atoms with Gasteiger partial charge in [0.05, 0.1) is 6.54 Å². The quantitative estimate of drug-likeness (QED) is 0.593. The summed E-state index contributed by atoms with van der Waals surface area (Å²) >= 11 is 4.70. The van der Waals surface area contributed by atoms with Crippen molar-refractivity contribution in [2.45, 2.75) is 25.3 Å². The summed E-state index contributed by atoms with van der Waals surface area (Å²) in [4.78, 5) is 0.329. The van der Waals surface area contributed by atoms with Crippen molar-refractivity contribution in [3.63, 3.8) is 0 Å². The minimum atomic E-state index is -4.31. The lowest BCUT2D eigenvalue weighted by molar-refractivity contribution is -0.226. The second-order valence-corrected chi connectivity index (χ2v) is 2.99. The van der Waals surface area contributed by atoms with Gasteiger partial charge in [-0.2, -0.15) is 13.2 Å². The maximum atomic E-state index is 12.0. The largest absolute Gasteiger partial charge is 0.416 e. The van der Waals surface area contributed by atoms with Crippen molar-refractivity contribution < 1.29 is 17.9 Å². The summed E-state index contributed by atoms with van der Waals surface area (Å²) in [6.07, 6.45) is -6.70. The Kier molecular flexibility index (Phi) is 2.58. The Morgan fingerprint density at radius 1 is 1.58 bits per heavy atom. The first-order valence-electron chi connectivity index (χ1n) is 3.41. The molecule has 1 heterocycles. The van der Waals surface area contributed by atoms with Crippen molar-refractivity contribution in [1.82, 2.24) is 5.32 Å². The molecule has 0 aliphatic carbocycles. The number of halogens is 3. The fraction of sp³-hybridized carbons (Fsp3) is 0.833. The van der Waals surface area contributed by atoms with Gasteiger partial charge < -0.3 is 10.1 Å². The Bertz CT molecular complexity index is 194. The van der Waals surface area contributed by atoms with Gasteiger partial charge in [-0.15, -0.1) is 0 Å². The van der Waals surface area contributed by atoms with Crippen LogP contribution >= 0.6 is 12.2 Å². The van der Waals surface area contributed by atoms with Crippen LogP contribution < -0.4 is 5.32 Å². The molecule has 2 atom stereocenters. The van der Waals surface area contributed by atoms with Gasteiger partial charge in [-0.25, -0.2) is 0 Å². The van der Waals surface area contributed by atoms with Gasteiger partial charge in [-0.3, -0.25) is 0 Å². The second kappa shape index (κ2) is 3.18. The molecule has 0 radical (unpaired) electrons. The second-order valence-electron chi connectivity index (χ2n) is 2.55. The van der Waals surface area contributed by atoms with E-state index in [1.54, 1.807) is 0 Å². The molecule has 0 saturated carbocycles. The lowest BCUT2D eigenvalue weighted by Gasteiger charge is -2.30. The monoisotopic (exact) mass is 199 g/mol. The topological polar surface area (TPSA) is 21.3 Å². The zero-order valence-electron chi connectivity index (χ0n) is 6.31. The van der Waals surface area contributed by atoms with Gasteiger partial charge in [0, 0.05) is 0 Å². The maximum Gasteiger partial charge on any atom is 0.416 e. The van der Waals surface area contributed by atoms with E-state index in [1.165, 1.54) is 6.92 Å². The Balaban J connectivity index is 2.57. The minimum Gasteiger partial charge on any atom is -0.375 e.